The van der Waals surface area contributed by atoms with Crippen LogP contribution in [0.25, 0.3) is 0 Å². The van der Waals surface area contributed by atoms with Gasteiger partial charge in [0.25, 0.3) is 0 Å². The summed E-state index contributed by atoms with van der Waals surface area (Å²) in [5, 5.41) is 0. The minimum Gasteiger partial charge on any atom is -0.299 e. The molecule has 0 amide bonds. The van der Waals surface area contributed by atoms with E-state index in [1.165, 1.54) is 19.4 Å². The molecule has 0 aromatic carbocycles. The molecule has 0 aromatic rings. The van der Waals surface area contributed by atoms with E-state index in [-0.39, 0.29) is 0 Å². The monoisotopic (exact) mass is 256 g/mol. The lowest BCUT2D eigenvalue weighted by Gasteiger charge is -2.34. The molecule has 0 aliphatic heterocycles. The molecule has 1 unspecified atom stereocenters. The fourth-order valence-corrected chi connectivity index (χ4v) is 3.03. The molecule has 0 radical (unpaired) electrons. The Bertz CT molecular complexity index is 191. The van der Waals surface area contributed by atoms with E-state index >= 15 is 0 Å². The summed E-state index contributed by atoms with van der Waals surface area (Å²) in [6, 6.07) is 2.69. The summed E-state index contributed by atoms with van der Waals surface area (Å²) in [5.41, 5.74) is 0. The van der Waals surface area contributed by atoms with Crippen LogP contribution in [0, 0.1) is 0 Å². The number of rotatable bonds is 9. The third-order valence-corrected chi connectivity index (χ3v) is 3.96. The summed E-state index contributed by atoms with van der Waals surface area (Å²) in [6.45, 7) is 20.8. The molecule has 0 N–H and O–H groups in total. The maximum absolute atomic E-state index is 2.60. The first-order valence-electron chi connectivity index (χ1n) is 7.82. The Morgan fingerprint density at radius 1 is 0.722 bits per heavy atom. The molecule has 1 atom stereocenters. The largest absolute Gasteiger partial charge is 0.299 e. The second kappa shape index (κ2) is 8.92. The molecule has 2 nitrogen and oxygen atoms in total. The van der Waals surface area contributed by atoms with E-state index < -0.39 is 0 Å². The summed E-state index contributed by atoms with van der Waals surface area (Å²) in [6.07, 6.45) is 2.61. The molecule has 0 fully saturated rings. The van der Waals surface area contributed by atoms with E-state index in [4.69, 9.17) is 0 Å². The molecule has 0 heterocycles. The van der Waals surface area contributed by atoms with Crippen molar-refractivity contribution in [2.45, 2.75) is 92.4 Å². The molecule has 0 saturated carbocycles. The van der Waals surface area contributed by atoms with Gasteiger partial charge in [0, 0.05) is 24.2 Å². The van der Waals surface area contributed by atoms with Gasteiger partial charge in [0.2, 0.25) is 0 Å². The molecule has 0 saturated heterocycles. The van der Waals surface area contributed by atoms with Crippen LogP contribution in [-0.4, -0.2) is 47.1 Å². The van der Waals surface area contributed by atoms with Crippen LogP contribution >= 0.6 is 0 Å². The van der Waals surface area contributed by atoms with Crippen molar-refractivity contribution in [2.24, 2.45) is 0 Å². The minimum absolute atomic E-state index is 0.660. The zero-order valence-corrected chi connectivity index (χ0v) is 14.0. The third-order valence-electron chi connectivity index (χ3n) is 3.96. The topological polar surface area (TPSA) is 6.48 Å². The van der Waals surface area contributed by atoms with E-state index in [9.17, 15) is 0 Å². The average Bonchev–Trinajstić information content (AvgIpc) is 2.23. The van der Waals surface area contributed by atoms with Crippen LogP contribution in [-0.2, 0) is 0 Å². The molecule has 0 spiro atoms. The molecule has 0 aliphatic carbocycles. The van der Waals surface area contributed by atoms with Crippen molar-refractivity contribution in [3.63, 3.8) is 0 Å². The van der Waals surface area contributed by atoms with Crippen molar-refractivity contribution < 1.29 is 0 Å². The van der Waals surface area contributed by atoms with E-state index in [1.54, 1.807) is 0 Å². The zero-order valence-electron chi connectivity index (χ0n) is 14.0. The van der Waals surface area contributed by atoms with Gasteiger partial charge >= 0.3 is 0 Å². The maximum Gasteiger partial charge on any atom is 0.00699 e. The van der Waals surface area contributed by atoms with Gasteiger partial charge in [0.1, 0.15) is 0 Å². The van der Waals surface area contributed by atoms with Gasteiger partial charge in [-0.05, 0) is 74.4 Å². The number of hydrogen-bond acceptors (Lipinski definition) is 2. The number of hydrogen-bond donors (Lipinski definition) is 0. The molecule has 110 valence electrons. The smallest absolute Gasteiger partial charge is 0.00699 e. The molecule has 18 heavy (non-hydrogen) atoms. The molecular weight excluding hydrogens is 220 g/mol. The van der Waals surface area contributed by atoms with Gasteiger partial charge in [-0.1, -0.05) is 6.92 Å². The minimum atomic E-state index is 0.660. The highest BCUT2D eigenvalue weighted by Crippen LogP contribution is 2.13. The van der Waals surface area contributed by atoms with Gasteiger partial charge in [0.15, 0.2) is 0 Å². The lowest BCUT2D eigenvalue weighted by molar-refractivity contribution is 0.140. The van der Waals surface area contributed by atoms with Crippen molar-refractivity contribution in [1.29, 1.82) is 0 Å². The third kappa shape index (κ3) is 6.19. The quantitative estimate of drug-likeness (QED) is 0.615. The summed E-state index contributed by atoms with van der Waals surface area (Å²) < 4.78 is 0. The maximum atomic E-state index is 2.60. The molecule has 0 aliphatic rings. The first kappa shape index (κ1) is 17.9. The second-order valence-corrected chi connectivity index (χ2v) is 6.34. The fourth-order valence-electron chi connectivity index (χ4n) is 3.03. The Morgan fingerprint density at radius 2 is 1.17 bits per heavy atom. The molecule has 0 aromatic heterocycles. The summed E-state index contributed by atoms with van der Waals surface area (Å²) in [7, 11) is 0. The van der Waals surface area contributed by atoms with E-state index in [0.717, 1.165) is 6.54 Å². The highest BCUT2D eigenvalue weighted by molar-refractivity contribution is 4.72. The van der Waals surface area contributed by atoms with Gasteiger partial charge in [-0.2, -0.15) is 0 Å². The zero-order chi connectivity index (χ0) is 14.3. The van der Waals surface area contributed by atoms with Crippen molar-refractivity contribution >= 4 is 0 Å². The second-order valence-electron chi connectivity index (χ2n) is 6.34. The van der Waals surface area contributed by atoms with Gasteiger partial charge in [-0.25, -0.2) is 0 Å². The van der Waals surface area contributed by atoms with Gasteiger partial charge in [0.05, 0.1) is 0 Å². The molecule has 2 heteroatoms. The van der Waals surface area contributed by atoms with Gasteiger partial charge in [-0.15, -0.1) is 0 Å². The lowest BCUT2D eigenvalue weighted by atomic mass is 10.1. The lowest BCUT2D eigenvalue weighted by Crippen LogP contribution is -2.40. The number of nitrogens with zero attached hydrogens (tertiary/aromatic N) is 2. The average molecular weight is 256 g/mol. The molecule has 0 bridgehead atoms. The summed E-state index contributed by atoms with van der Waals surface area (Å²) >= 11 is 0. The van der Waals surface area contributed by atoms with Crippen LogP contribution in [0.1, 0.15) is 68.2 Å². The van der Waals surface area contributed by atoms with E-state index in [0.29, 0.717) is 24.2 Å². The normalized spacial score (nSPS) is 14.5. The fraction of sp³-hybridized carbons (Fsp3) is 1.00. The van der Waals surface area contributed by atoms with Crippen LogP contribution in [0.3, 0.4) is 0 Å². The summed E-state index contributed by atoms with van der Waals surface area (Å²) in [5.74, 6) is 0. The van der Waals surface area contributed by atoms with Crippen LogP contribution < -0.4 is 0 Å². The van der Waals surface area contributed by atoms with Crippen molar-refractivity contribution in [1.82, 2.24) is 9.80 Å². The first-order chi connectivity index (χ1) is 8.31. The van der Waals surface area contributed by atoms with Gasteiger partial charge in [-0.3, -0.25) is 9.80 Å². The van der Waals surface area contributed by atoms with Crippen LogP contribution in [0.15, 0.2) is 0 Å². The molecule has 0 rings (SSSR count). The predicted octanol–water partition coefficient (Wildman–Crippen LogP) is 4.00. The van der Waals surface area contributed by atoms with Gasteiger partial charge < -0.3 is 0 Å². The summed E-state index contributed by atoms with van der Waals surface area (Å²) in [4.78, 5) is 5.19. The van der Waals surface area contributed by atoms with Crippen molar-refractivity contribution in [2.75, 3.05) is 13.1 Å². The Hall–Kier alpha value is -0.0800. The van der Waals surface area contributed by atoms with Crippen molar-refractivity contribution in [3.8, 4) is 0 Å². The predicted molar refractivity (Wildman–Crippen MR) is 83.2 cm³/mol. The van der Waals surface area contributed by atoms with Crippen LogP contribution in [0.5, 0.6) is 0 Å². The Labute approximate surface area is 116 Å². The Balaban J connectivity index is 4.09. The van der Waals surface area contributed by atoms with Crippen LogP contribution in [0.2, 0.25) is 0 Å². The Kier molecular flexibility index (Phi) is 8.89. The first-order valence-corrected chi connectivity index (χ1v) is 7.82. The SMILES string of the molecule is CCN(C(C)C)C(C)CCCN(C(C)C)C(C)C. The Morgan fingerprint density at radius 3 is 1.50 bits per heavy atom. The van der Waals surface area contributed by atoms with E-state index in [1.807, 2.05) is 0 Å². The molecular formula is C16H36N2. The highest BCUT2D eigenvalue weighted by Gasteiger charge is 2.17. The van der Waals surface area contributed by atoms with Crippen molar-refractivity contribution in [3.05, 3.63) is 0 Å². The van der Waals surface area contributed by atoms with Crippen LogP contribution in [0.4, 0.5) is 0 Å². The highest BCUT2D eigenvalue weighted by atomic mass is 15.2. The standard InChI is InChI=1S/C16H36N2/c1-9-17(13(2)3)16(8)11-10-12-18(14(4)5)15(6)7/h13-16H,9-12H2,1-8H3. The van der Waals surface area contributed by atoms with E-state index in [2.05, 4.69) is 65.2 Å².